The Hall–Kier alpha value is -0.470. The molecule has 0 aliphatic rings. The molecule has 0 radical (unpaired) electrons. The summed E-state index contributed by atoms with van der Waals surface area (Å²) in [4.78, 5) is 1.40. The van der Waals surface area contributed by atoms with Crippen molar-refractivity contribution >= 4 is 11.8 Å². The molecule has 1 rings (SSSR count). The van der Waals surface area contributed by atoms with E-state index < -0.39 is 0 Å². The molecular formula is C18H31NS. The Morgan fingerprint density at radius 3 is 2.55 bits per heavy atom. The highest BCUT2D eigenvalue weighted by Crippen LogP contribution is 2.21. The summed E-state index contributed by atoms with van der Waals surface area (Å²) in [7, 11) is 2.10. The van der Waals surface area contributed by atoms with Gasteiger partial charge in [-0.25, -0.2) is 0 Å². The van der Waals surface area contributed by atoms with Crippen molar-refractivity contribution < 1.29 is 0 Å². The Kier molecular flexibility index (Phi) is 9.86. The summed E-state index contributed by atoms with van der Waals surface area (Å²) < 4.78 is 0. The zero-order valence-electron chi connectivity index (χ0n) is 13.5. The minimum absolute atomic E-state index is 0.645. The van der Waals surface area contributed by atoms with Crippen LogP contribution in [0.2, 0.25) is 0 Å². The number of rotatable bonds is 11. The summed E-state index contributed by atoms with van der Waals surface area (Å²) in [6, 6.07) is 9.46. The van der Waals surface area contributed by atoms with Gasteiger partial charge in [-0.2, -0.15) is 0 Å². The van der Waals surface area contributed by atoms with E-state index in [2.05, 4.69) is 50.5 Å². The number of unbranched alkanes of at least 4 members (excludes halogenated alkanes) is 5. The molecular weight excluding hydrogens is 262 g/mol. The van der Waals surface area contributed by atoms with Crippen LogP contribution in [0.3, 0.4) is 0 Å². The van der Waals surface area contributed by atoms with E-state index in [1.807, 2.05) is 11.8 Å². The normalized spacial score (nSPS) is 12.6. The van der Waals surface area contributed by atoms with Crippen LogP contribution in [0, 0.1) is 6.92 Å². The number of hydrogen-bond acceptors (Lipinski definition) is 2. The van der Waals surface area contributed by atoms with Crippen LogP contribution in [0.25, 0.3) is 0 Å². The summed E-state index contributed by atoms with van der Waals surface area (Å²) in [5, 5.41) is 3.47. The lowest BCUT2D eigenvalue weighted by Crippen LogP contribution is -2.27. The fourth-order valence-electron chi connectivity index (χ4n) is 2.38. The maximum absolute atomic E-state index is 3.47. The van der Waals surface area contributed by atoms with Gasteiger partial charge in [0.15, 0.2) is 0 Å². The maximum Gasteiger partial charge on any atom is 0.0158 e. The van der Waals surface area contributed by atoms with Gasteiger partial charge in [0.1, 0.15) is 0 Å². The smallest absolute Gasteiger partial charge is 0.0158 e. The fourth-order valence-corrected chi connectivity index (χ4v) is 3.56. The van der Waals surface area contributed by atoms with Crippen molar-refractivity contribution in [1.29, 1.82) is 0 Å². The van der Waals surface area contributed by atoms with E-state index in [0.29, 0.717) is 6.04 Å². The van der Waals surface area contributed by atoms with Gasteiger partial charge in [0, 0.05) is 16.7 Å². The molecule has 0 spiro atoms. The van der Waals surface area contributed by atoms with Crippen LogP contribution in [0.5, 0.6) is 0 Å². The predicted molar refractivity (Wildman–Crippen MR) is 92.7 cm³/mol. The summed E-state index contributed by atoms with van der Waals surface area (Å²) in [5.41, 5.74) is 1.35. The molecule has 1 N–H and O–H groups in total. The van der Waals surface area contributed by atoms with E-state index in [9.17, 15) is 0 Å². The first-order valence-corrected chi connectivity index (χ1v) is 9.11. The SMILES string of the molecule is CCCCCCCCC(CSc1cccc(C)c1)NC. The second kappa shape index (κ2) is 11.2. The number of aryl methyl sites for hydroxylation is 1. The zero-order valence-corrected chi connectivity index (χ0v) is 14.3. The fraction of sp³-hybridized carbons (Fsp3) is 0.667. The molecule has 1 atom stereocenters. The monoisotopic (exact) mass is 293 g/mol. The van der Waals surface area contributed by atoms with E-state index in [1.165, 1.54) is 61.2 Å². The molecule has 0 aliphatic carbocycles. The molecule has 0 heterocycles. The van der Waals surface area contributed by atoms with Gasteiger partial charge >= 0.3 is 0 Å². The van der Waals surface area contributed by atoms with Gasteiger partial charge in [-0.05, 0) is 32.5 Å². The van der Waals surface area contributed by atoms with E-state index in [1.54, 1.807) is 0 Å². The standard InChI is InChI=1S/C18H31NS/c1-4-5-6-7-8-9-12-17(19-3)15-20-18-13-10-11-16(2)14-18/h10-11,13-14,17,19H,4-9,12,15H2,1-3H3. The highest BCUT2D eigenvalue weighted by Gasteiger charge is 2.06. The number of benzene rings is 1. The zero-order chi connectivity index (χ0) is 14.6. The topological polar surface area (TPSA) is 12.0 Å². The largest absolute Gasteiger partial charge is 0.316 e. The van der Waals surface area contributed by atoms with Crippen molar-refractivity contribution in [2.75, 3.05) is 12.8 Å². The number of thioether (sulfide) groups is 1. The molecule has 0 amide bonds. The molecule has 20 heavy (non-hydrogen) atoms. The first kappa shape index (κ1) is 17.6. The second-order valence-corrected chi connectivity index (χ2v) is 6.76. The van der Waals surface area contributed by atoms with Crippen molar-refractivity contribution in [1.82, 2.24) is 5.32 Å². The maximum atomic E-state index is 3.47. The van der Waals surface area contributed by atoms with Crippen molar-refractivity contribution in [3.63, 3.8) is 0 Å². The van der Waals surface area contributed by atoms with Crippen LogP contribution in [0.15, 0.2) is 29.2 Å². The van der Waals surface area contributed by atoms with Crippen molar-refractivity contribution in [2.45, 2.75) is 69.7 Å². The van der Waals surface area contributed by atoms with Crippen molar-refractivity contribution in [2.24, 2.45) is 0 Å². The number of hydrogen-bond donors (Lipinski definition) is 1. The average molecular weight is 294 g/mol. The van der Waals surface area contributed by atoms with Crippen LogP contribution in [-0.2, 0) is 0 Å². The third kappa shape index (κ3) is 7.96. The van der Waals surface area contributed by atoms with Crippen LogP contribution in [-0.4, -0.2) is 18.8 Å². The lowest BCUT2D eigenvalue weighted by molar-refractivity contribution is 0.514. The van der Waals surface area contributed by atoms with Crippen LogP contribution < -0.4 is 5.32 Å². The third-order valence-electron chi connectivity index (χ3n) is 3.76. The molecule has 1 aromatic carbocycles. The molecule has 0 saturated carbocycles. The highest BCUT2D eigenvalue weighted by atomic mass is 32.2. The van der Waals surface area contributed by atoms with E-state index in [0.717, 1.165) is 0 Å². The molecule has 0 fully saturated rings. The Morgan fingerprint density at radius 1 is 1.10 bits per heavy atom. The van der Waals surface area contributed by atoms with Crippen LogP contribution >= 0.6 is 11.8 Å². The Balaban J connectivity index is 2.16. The van der Waals surface area contributed by atoms with Gasteiger partial charge in [0.25, 0.3) is 0 Å². The van der Waals surface area contributed by atoms with Gasteiger partial charge in [-0.3, -0.25) is 0 Å². The molecule has 1 aromatic rings. The van der Waals surface area contributed by atoms with Crippen LogP contribution in [0.4, 0.5) is 0 Å². The minimum Gasteiger partial charge on any atom is -0.316 e. The van der Waals surface area contributed by atoms with Gasteiger partial charge in [-0.1, -0.05) is 63.1 Å². The van der Waals surface area contributed by atoms with E-state index >= 15 is 0 Å². The Bertz CT molecular complexity index is 351. The highest BCUT2D eigenvalue weighted by molar-refractivity contribution is 7.99. The minimum atomic E-state index is 0.645. The summed E-state index contributed by atoms with van der Waals surface area (Å²) in [6.07, 6.45) is 9.64. The van der Waals surface area contributed by atoms with Crippen LogP contribution in [0.1, 0.15) is 57.4 Å². The molecule has 0 aliphatic heterocycles. The van der Waals surface area contributed by atoms with E-state index in [-0.39, 0.29) is 0 Å². The molecule has 1 unspecified atom stereocenters. The predicted octanol–water partition coefficient (Wildman–Crippen LogP) is 5.43. The average Bonchev–Trinajstić information content (AvgIpc) is 2.46. The molecule has 0 saturated heterocycles. The molecule has 2 heteroatoms. The number of nitrogens with one attached hydrogen (secondary N) is 1. The van der Waals surface area contributed by atoms with Gasteiger partial charge in [0.2, 0.25) is 0 Å². The Morgan fingerprint density at radius 2 is 1.85 bits per heavy atom. The molecule has 114 valence electrons. The third-order valence-corrected chi connectivity index (χ3v) is 4.91. The van der Waals surface area contributed by atoms with Crippen molar-refractivity contribution in [3.05, 3.63) is 29.8 Å². The molecule has 1 nitrogen and oxygen atoms in total. The summed E-state index contributed by atoms with van der Waals surface area (Å²) in [6.45, 7) is 4.44. The lowest BCUT2D eigenvalue weighted by atomic mass is 10.1. The van der Waals surface area contributed by atoms with Crippen molar-refractivity contribution in [3.8, 4) is 0 Å². The first-order chi connectivity index (χ1) is 9.76. The lowest BCUT2D eigenvalue weighted by Gasteiger charge is -2.15. The Labute approximate surface area is 129 Å². The molecule has 0 aromatic heterocycles. The van der Waals surface area contributed by atoms with Gasteiger partial charge in [-0.15, -0.1) is 11.8 Å². The summed E-state index contributed by atoms with van der Waals surface area (Å²) in [5.74, 6) is 1.18. The van der Waals surface area contributed by atoms with Gasteiger partial charge in [0.05, 0.1) is 0 Å². The first-order valence-electron chi connectivity index (χ1n) is 8.13. The quantitative estimate of drug-likeness (QED) is 0.431. The second-order valence-electron chi connectivity index (χ2n) is 5.67. The van der Waals surface area contributed by atoms with E-state index in [4.69, 9.17) is 0 Å². The summed E-state index contributed by atoms with van der Waals surface area (Å²) >= 11 is 1.98. The van der Waals surface area contributed by atoms with Gasteiger partial charge < -0.3 is 5.32 Å². The molecule has 0 bridgehead atoms.